The Morgan fingerprint density at radius 1 is 1.14 bits per heavy atom. The van der Waals surface area contributed by atoms with Crippen LogP contribution in [0.5, 0.6) is 0 Å². The number of nitrogens with one attached hydrogen (secondary N) is 3. The lowest BCUT2D eigenvalue weighted by Gasteiger charge is -2.34. The summed E-state index contributed by atoms with van der Waals surface area (Å²) < 4.78 is 39.9. The van der Waals surface area contributed by atoms with E-state index in [4.69, 9.17) is 0 Å². The smallest absolute Gasteiger partial charge is 0.369 e. The van der Waals surface area contributed by atoms with E-state index in [1.807, 2.05) is 6.92 Å². The molecular formula is C26H27F3N8. The summed E-state index contributed by atoms with van der Waals surface area (Å²) in [5.41, 5.74) is 2.73. The number of likely N-dealkylation sites (N-methyl/N-ethyl adjacent to an activating group) is 1. The van der Waals surface area contributed by atoms with Crippen molar-refractivity contribution in [1.29, 1.82) is 5.26 Å². The number of halogens is 3. The number of H-pyrrole nitrogens is 1. The molecule has 192 valence electrons. The van der Waals surface area contributed by atoms with Crippen molar-refractivity contribution < 1.29 is 13.2 Å². The van der Waals surface area contributed by atoms with Crippen molar-refractivity contribution in [3.8, 4) is 6.07 Å². The summed E-state index contributed by atoms with van der Waals surface area (Å²) >= 11 is 0. The number of alkyl halides is 3. The Morgan fingerprint density at radius 2 is 1.86 bits per heavy atom. The van der Waals surface area contributed by atoms with Gasteiger partial charge in [-0.3, -0.25) is 0 Å². The van der Waals surface area contributed by atoms with Crippen LogP contribution in [0.4, 0.5) is 18.9 Å². The van der Waals surface area contributed by atoms with Gasteiger partial charge in [0.05, 0.1) is 35.5 Å². The number of rotatable bonds is 4. The highest BCUT2D eigenvalue weighted by Crippen LogP contribution is 2.34. The molecule has 0 amide bonds. The number of anilines is 1. The number of pyridine rings is 1. The van der Waals surface area contributed by atoms with Gasteiger partial charge < -0.3 is 25.4 Å². The monoisotopic (exact) mass is 508 g/mol. The maximum atomic E-state index is 13.3. The summed E-state index contributed by atoms with van der Waals surface area (Å²) in [7, 11) is 2.13. The molecule has 4 heterocycles. The molecule has 3 aromatic rings. The van der Waals surface area contributed by atoms with Crippen molar-refractivity contribution in [2.45, 2.75) is 19.1 Å². The van der Waals surface area contributed by atoms with Crippen molar-refractivity contribution in [2.75, 3.05) is 44.7 Å². The molecule has 0 saturated carbocycles. The first-order valence-electron chi connectivity index (χ1n) is 12.0. The van der Waals surface area contributed by atoms with Crippen LogP contribution in [-0.2, 0) is 6.18 Å². The summed E-state index contributed by atoms with van der Waals surface area (Å²) in [5, 5.41) is 16.4. The van der Waals surface area contributed by atoms with E-state index < -0.39 is 11.7 Å². The van der Waals surface area contributed by atoms with E-state index in [9.17, 15) is 18.4 Å². The first-order chi connectivity index (χ1) is 17.7. The van der Waals surface area contributed by atoms with Crippen LogP contribution in [0.3, 0.4) is 0 Å². The van der Waals surface area contributed by atoms with Crippen molar-refractivity contribution in [2.24, 2.45) is 4.99 Å². The number of piperazine rings is 1. The second-order valence-electron chi connectivity index (χ2n) is 9.32. The Kier molecular flexibility index (Phi) is 6.52. The highest BCUT2D eigenvalue weighted by molar-refractivity contribution is 5.97. The van der Waals surface area contributed by atoms with Gasteiger partial charge in [-0.1, -0.05) is 12.1 Å². The number of guanidine groups is 1. The van der Waals surface area contributed by atoms with Crippen LogP contribution in [0.1, 0.15) is 29.7 Å². The number of nitrogens with zero attached hydrogens (tertiary/aromatic N) is 5. The standard InChI is InChI=1S/C26H27F3N8/c1-16(17-3-5-20(6-4-17)37-9-7-36(2)8-10-37)34-25-33-13-18(12-30)23(35-25)22-15-32-24-21(22)11-19(14-31-24)26(27,28)29/h3-6,11,14-16H,7-10,13H2,1-2H3,(H,31,32)(H2,33,34,35)/t16-/m1/s1. The maximum absolute atomic E-state index is 13.3. The lowest BCUT2D eigenvalue weighted by molar-refractivity contribution is -0.137. The molecule has 0 radical (unpaired) electrons. The first kappa shape index (κ1) is 24.6. The van der Waals surface area contributed by atoms with Gasteiger partial charge in [0.25, 0.3) is 0 Å². The Balaban J connectivity index is 1.37. The van der Waals surface area contributed by atoms with E-state index in [2.05, 4.69) is 72.8 Å². The van der Waals surface area contributed by atoms with E-state index in [0.717, 1.165) is 44.0 Å². The number of aromatic nitrogens is 2. The zero-order chi connectivity index (χ0) is 26.2. The molecule has 0 bridgehead atoms. The third-order valence-corrected chi connectivity index (χ3v) is 6.81. The molecule has 1 saturated heterocycles. The van der Waals surface area contributed by atoms with Gasteiger partial charge in [0.1, 0.15) is 5.65 Å². The van der Waals surface area contributed by atoms with Crippen molar-refractivity contribution in [3.05, 3.63) is 65.0 Å². The summed E-state index contributed by atoms with van der Waals surface area (Å²) in [6.07, 6.45) is -2.20. The van der Waals surface area contributed by atoms with Crippen LogP contribution in [-0.4, -0.2) is 60.6 Å². The Hall–Kier alpha value is -4.04. The van der Waals surface area contributed by atoms with Crippen LogP contribution in [0.15, 0.2) is 53.3 Å². The second-order valence-corrected chi connectivity index (χ2v) is 9.32. The normalized spacial score (nSPS) is 17.8. The lowest BCUT2D eigenvalue weighted by Crippen LogP contribution is -2.44. The zero-order valence-corrected chi connectivity index (χ0v) is 20.5. The second kappa shape index (κ2) is 9.78. The van der Waals surface area contributed by atoms with Gasteiger partial charge in [-0.15, -0.1) is 0 Å². The molecule has 1 fully saturated rings. The Morgan fingerprint density at radius 3 is 2.54 bits per heavy atom. The van der Waals surface area contributed by atoms with Gasteiger partial charge in [-0.25, -0.2) is 9.98 Å². The Labute approximate surface area is 212 Å². The lowest BCUT2D eigenvalue weighted by atomic mass is 10.0. The average Bonchev–Trinajstić information content (AvgIpc) is 3.32. The SMILES string of the molecule is C[C@@H](NC1=NC(c2c[nH]c3ncc(C(F)(F)F)cc23)=C(C#N)CN1)c1ccc(N2CCN(C)CC2)cc1. The van der Waals surface area contributed by atoms with Gasteiger partial charge in [0, 0.05) is 55.2 Å². The molecule has 5 rings (SSSR count). The molecule has 1 atom stereocenters. The predicted octanol–water partition coefficient (Wildman–Crippen LogP) is 3.88. The van der Waals surface area contributed by atoms with E-state index in [0.29, 0.717) is 28.4 Å². The van der Waals surface area contributed by atoms with Crippen LogP contribution >= 0.6 is 0 Å². The minimum Gasteiger partial charge on any atom is -0.369 e. The number of aliphatic imine (C=N–C) groups is 1. The number of fused-ring (bicyclic) bond motifs is 1. The molecule has 0 spiro atoms. The first-order valence-corrected chi connectivity index (χ1v) is 12.0. The summed E-state index contributed by atoms with van der Waals surface area (Å²) in [5.74, 6) is 0.443. The van der Waals surface area contributed by atoms with Gasteiger partial charge >= 0.3 is 6.18 Å². The van der Waals surface area contributed by atoms with Crippen molar-refractivity contribution >= 4 is 28.4 Å². The van der Waals surface area contributed by atoms with E-state index in [1.54, 1.807) is 0 Å². The molecule has 2 aromatic heterocycles. The van der Waals surface area contributed by atoms with E-state index >= 15 is 0 Å². The molecule has 2 aliphatic rings. The Bertz CT molecular complexity index is 1390. The van der Waals surface area contributed by atoms with E-state index in [-0.39, 0.29) is 18.0 Å². The quantitative estimate of drug-likeness (QED) is 0.495. The molecule has 1 aromatic carbocycles. The third-order valence-electron chi connectivity index (χ3n) is 6.81. The van der Waals surface area contributed by atoms with Gasteiger partial charge in [-0.2, -0.15) is 18.4 Å². The van der Waals surface area contributed by atoms with Gasteiger partial charge in [0.2, 0.25) is 0 Å². The predicted molar refractivity (Wildman–Crippen MR) is 137 cm³/mol. The molecule has 11 heteroatoms. The van der Waals surface area contributed by atoms with Crippen LogP contribution < -0.4 is 15.5 Å². The fraction of sp³-hybridized carbons (Fsp3) is 0.346. The minimum absolute atomic E-state index is 0.0980. The number of hydrogen-bond acceptors (Lipinski definition) is 7. The van der Waals surface area contributed by atoms with Crippen molar-refractivity contribution in [3.63, 3.8) is 0 Å². The van der Waals surface area contributed by atoms with Crippen LogP contribution in [0, 0.1) is 11.3 Å². The van der Waals surface area contributed by atoms with Crippen LogP contribution in [0.25, 0.3) is 16.7 Å². The molecule has 3 N–H and O–H groups in total. The molecule has 37 heavy (non-hydrogen) atoms. The molecule has 0 unspecified atom stereocenters. The number of aromatic amines is 1. The average molecular weight is 509 g/mol. The summed E-state index contributed by atoms with van der Waals surface area (Å²) in [4.78, 5) is 16.1. The number of hydrogen-bond donors (Lipinski definition) is 3. The summed E-state index contributed by atoms with van der Waals surface area (Å²) in [6.45, 7) is 6.27. The van der Waals surface area contributed by atoms with Crippen LogP contribution in [0.2, 0.25) is 0 Å². The van der Waals surface area contributed by atoms with Crippen molar-refractivity contribution in [1.82, 2.24) is 25.5 Å². The zero-order valence-electron chi connectivity index (χ0n) is 20.5. The molecule has 2 aliphatic heterocycles. The van der Waals surface area contributed by atoms with Gasteiger partial charge in [0.15, 0.2) is 5.96 Å². The third kappa shape index (κ3) is 5.11. The number of benzene rings is 1. The molecule has 0 aliphatic carbocycles. The maximum Gasteiger partial charge on any atom is 0.417 e. The van der Waals surface area contributed by atoms with Gasteiger partial charge in [-0.05, 0) is 37.7 Å². The molecule has 8 nitrogen and oxygen atoms in total. The highest BCUT2D eigenvalue weighted by Gasteiger charge is 2.32. The summed E-state index contributed by atoms with van der Waals surface area (Å²) in [6, 6.07) is 11.4. The molecular weight excluding hydrogens is 481 g/mol. The largest absolute Gasteiger partial charge is 0.417 e. The topological polar surface area (TPSA) is 95.4 Å². The minimum atomic E-state index is -4.53. The van der Waals surface area contributed by atoms with E-state index in [1.165, 1.54) is 11.9 Å². The fourth-order valence-electron chi connectivity index (χ4n) is 4.55. The number of nitriles is 1. The fourth-order valence-corrected chi connectivity index (χ4v) is 4.55. The highest BCUT2D eigenvalue weighted by atomic mass is 19.4.